The lowest BCUT2D eigenvalue weighted by Gasteiger charge is -2.50. The zero-order valence-electron chi connectivity index (χ0n) is 15.2. The summed E-state index contributed by atoms with van der Waals surface area (Å²) in [6.07, 6.45) is 0. The first-order chi connectivity index (χ1) is 13.0. The van der Waals surface area contributed by atoms with Crippen molar-refractivity contribution < 1.29 is 4.92 Å². The first-order valence-electron chi connectivity index (χ1n) is 9.10. The van der Waals surface area contributed by atoms with E-state index < -0.39 is 0 Å². The van der Waals surface area contributed by atoms with Crippen molar-refractivity contribution in [3.63, 3.8) is 0 Å². The lowest BCUT2D eigenvalue weighted by Crippen LogP contribution is -2.50. The van der Waals surface area contributed by atoms with Gasteiger partial charge in [-0.1, -0.05) is 32.0 Å². The van der Waals surface area contributed by atoms with Gasteiger partial charge in [0.1, 0.15) is 0 Å². The molecule has 138 valence electrons. The van der Waals surface area contributed by atoms with Crippen molar-refractivity contribution in [3.8, 4) is 0 Å². The Morgan fingerprint density at radius 2 is 2.00 bits per heavy atom. The van der Waals surface area contributed by atoms with Crippen LogP contribution in [0.25, 0.3) is 4.91 Å². The second-order valence-corrected chi connectivity index (χ2v) is 9.93. The molecule has 2 aromatic carbocycles. The maximum absolute atomic E-state index is 11.3. The minimum absolute atomic E-state index is 0.121. The molecule has 1 N–H and O–H groups in total. The Kier molecular flexibility index (Phi) is 3.85. The monoisotopic (exact) mass is 396 g/mol. The fraction of sp³-hybridized carbons (Fsp3) is 0.333. The van der Waals surface area contributed by atoms with Crippen LogP contribution in [0.2, 0.25) is 0 Å². The Labute approximate surface area is 167 Å². The zero-order valence-corrected chi connectivity index (χ0v) is 16.8. The standard InChI is InChI=1S/C21H20N2O2S2/c1-21(2)15-9-12(23(24)25)7-8-17(15)22-19-14-10-26-18-6-4-3-5-13(18)20(14)27-11-16(19)21/h3-9,16,19,22H,10-11H2,1-2H3. The van der Waals surface area contributed by atoms with E-state index in [1.807, 2.05) is 29.6 Å². The average molecular weight is 397 g/mol. The average Bonchev–Trinajstić information content (AvgIpc) is 2.67. The number of nitro benzene ring substituents is 1. The van der Waals surface area contributed by atoms with Gasteiger partial charge in [-0.3, -0.25) is 10.1 Å². The molecule has 5 rings (SSSR count). The van der Waals surface area contributed by atoms with E-state index in [2.05, 4.69) is 43.4 Å². The summed E-state index contributed by atoms with van der Waals surface area (Å²) in [6.45, 7) is 4.48. The van der Waals surface area contributed by atoms with E-state index in [4.69, 9.17) is 0 Å². The Morgan fingerprint density at radius 3 is 2.81 bits per heavy atom. The molecule has 0 saturated heterocycles. The molecule has 0 radical (unpaired) electrons. The van der Waals surface area contributed by atoms with Crippen LogP contribution in [0.1, 0.15) is 25.0 Å². The van der Waals surface area contributed by atoms with Crippen molar-refractivity contribution in [2.45, 2.75) is 30.2 Å². The highest BCUT2D eigenvalue weighted by Gasteiger charge is 2.47. The van der Waals surface area contributed by atoms with Crippen molar-refractivity contribution in [2.75, 3.05) is 16.8 Å². The van der Waals surface area contributed by atoms with Gasteiger partial charge < -0.3 is 5.32 Å². The number of thioether (sulfide) groups is 2. The Bertz CT molecular complexity index is 999. The predicted molar refractivity (Wildman–Crippen MR) is 114 cm³/mol. The van der Waals surface area contributed by atoms with Crippen LogP contribution in [0.4, 0.5) is 11.4 Å². The zero-order chi connectivity index (χ0) is 18.8. The minimum atomic E-state index is -0.298. The van der Waals surface area contributed by atoms with Gasteiger partial charge in [-0.05, 0) is 28.7 Å². The van der Waals surface area contributed by atoms with Gasteiger partial charge in [-0.2, -0.15) is 0 Å². The highest BCUT2D eigenvalue weighted by Crippen LogP contribution is 2.55. The molecule has 6 heteroatoms. The van der Waals surface area contributed by atoms with E-state index in [0.717, 1.165) is 22.8 Å². The van der Waals surface area contributed by atoms with Gasteiger partial charge in [-0.25, -0.2) is 0 Å². The fourth-order valence-electron chi connectivity index (χ4n) is 4.57. The maximum Gasteiger partial charge on any atom is 0.269 e. The van der Waals surface area contributed by atoms with Gasteiger partial charge in [0, 0.05) is 50.6 Å². The maximum atomic E-state index is 11.3. The van der Waals surface area contributed by atoms with E-state index in [1.54, 1.807) is 12.1 Å². The smallest absolute Gasteiger partial charge is 0.269 e. The van der Waals surface area contributed by atoms with Gasteiger partial charge in [-0.15, -0.1) is 23.5 Å². The normalized spacial score (nSPS) is 24.8. The van der Waals surface area contributed by atoms with Crippen LogP contribution in [-0.2, 0) is 5.41 Å². The molecule has 0 spiro atoms. The largest absolute Gasteiger partial charge is 0.378 e. The van der Waals surface area contributed by atoms with Crippen LogP contribution in [-0.4, -0.2) is 22.5 Å². The van der Waals surface area contributed by atoms with Crippen LogP contribution in [0.3, 0.4) is 0 Å². The molecule has 2 atom stereocenters. The number of hydrogen-bond donors (Lipinski definition) is 1. The summed E-state index contributed by atoms with van der Waals surface area (Å²) < 4.78 is 0. The summed E-state index contributed by atoms with van der Waals surface area (Å²) in [7, 11) is 0. The molecule has 2 aromatic rings. The Hall–Kier alpha value is -1.92. The minimum Gasteiger partial charge on any atom is -0.378 e. The molecule has 0 aromatic heterocycles. The summed E-state index contributed by atoms with van der Waals surface area (Å²) in [4.78, 5) is 13.8. The van der Waals surface area contributed by atoms with Crippen LogP contribution in [0.15, 0.2) is 52.9 Å². The van der Waals surface area contributed by atoms with Crippen molar-refractivity contribution >= 4 is 39.8 Å². The molecule has 0 amide bonds. The van der Waals surface area contributed by atoms with E-state index in [0.29, 0.717) is 5.92 Å². The summed E-state index contributed by atoms with van der Waals surface area (Å²) in [5, 5.41) is 15.0. The summed E-state index contributed by atoms with van der Waals surface area (Å²) >= 11 is 3.87. The second-order valence-electron chi connectivity index (χ2n) is 7.89. The fourth-order valence-corrected chi connectivity index (χ4v) is 7.54. The van der Waals surface area contributed by atoms with E-state index in [1.165, 1.54) is 20.9 Å². The lowest BCUT2D eigenvalue weighted by atomic mass is 9.66. The number of nitrogens with zero attached hydrogens (tertiary/aromatic N) is 1. The summed E-state index contributed by atoms with van der Waals surface area (Å²) in [5.41, 5.74) is 5.00. The number of fused-ring (bicyclic) bond motifs is 5. The lowest BCUT2D eigenvalue weighted by molar-refractivity contribution is -0.385. The molecule has 3 heterocycles. The van der Waals surface area contributed by atoms with Crippen LogP contribution >= 0.6 is 23.5 Å². The number of non-ortho nitro benzene ring substituents is 1. The van der Waals surface area contributed by atoms with Crippen LogP contribution in [0, 0.1) is 16.0 Å². The molecular formula is C21H20N2O2S2. The SMILES string of the molecule is CC1(C)c2cc([N+](=O)[O-])ccc2NC2C3=C(SCC21)c1ccccc1SC3. The van der Waals surface area contributed by atoms with Gasteiger partial charge in [0.15, 0.2) is 0 Å². The van der Waals surface area contributed by atoms with Gasteiger partial charge in [0.2, 0.25) is 0 Å². The Morgan fingerprint density at radius 1 is 1.19 bits per heavy atom. The van der Waals surface area contributed by atoms with Crippen LogP contribution < -0.4 is 5.32 Å². The topological polar surface area (TPSA) is 55.2 Å². The van der Waals surface area contributed by atoms with E-state index in [9.17, 15) is 10.1 Å². The number of nitrogens with one attached hydrogen (secondary N) is 1. The van der Waals surface area contributed by atoms with E-state index >= 15 is 0 Å². The molecule has 0 bridgehead atoms. The molecule has 0 fully saturated rings. The van der Waals surface area contributed by atoms with E-state index in [-0.39, 0.29) is 22.1 Å². The number of benzene rings is 2. The quantitative estimate of drug-likeness (QED) is 0.506. The Balaban J connectivity index is 1.62. The number of anilines is 1. The number of rotatable bonds is 1. The molecular weight excluding hydrogens is 376 g/mol. The number of hydrogen-bond acceptors (Lipinski definition) is 5. The second kappa shape index (κ2) is 6.04. The highest BCUT2D eigenvalue weighted by molar-refractivity contribution is 8.08. The first kappa shape index (κ1) is 17.2. The molecule has 3 aliphatic heterocycles. The van der Waals surface area contributed by atoms with Gasteiger partial charge >= 0.3 is 0 Å². The van der Waals surface area contributed by atoms with Gasteiger partial charge in [0.25, 0.3) is 5.69 Å². The first-order valence-corrected chi connectivity index (χ1v) is 11.1. The molecule has 0 saturated carbocycles. The number of nitro groups is 1. The third kappa shape index (κ3) is 2.53. The molecule has 0 aliphatic carbocycles. The predicted octanol–water partition coefficient (Wildman–Crippen LogP) is 5.55. The molecule has 27 heavy (non-hydrogen) atoms. The molecule has 3 aliphatic rings. The van der Waals surface area contributed by atoms with Gasteiger partial charge in [0.05, 0.1) is 11.0 Å². The molecule has 4 nitrogen and oxygen atoms in total. The third-order valence-corrected chi connectivity index (χ3v) is 8.56. The summed E-state index contributed by atoms with van der Waals surface area (Å²) in [5.74, 6) is 2.43. The third-order valence-electron chi connectivity index (χ3n) is 6.14. The van der Waals surface area contributed by atoms with Crippen molar-refractivity contribution in [1.29, 1.82) is 0 Å². The molecule has 2 unspecified atom stereocenters. The van der Waals surface area contributed by atoms with Crippen molar-refractivity contribution in [1.82, 2.24) is 0 Å². The van der Waals surface area contributed by atoms with Crippen molar-refractivity contribution in [2.24, 2.45) is 5.92 Å². The van der Waals surface area contributed by atoms with Crippen molar-refractivity contribution in [3.05, 3.63) is 69.3 Å². The highest BCUT2D eigenvalue weighted by atomic mass is 32.2. The summed E-state index contributed by atoms with van der Waals surface area (Å²) in [6, 6.07) is 14.2. The van der Waals surface area contributed by atoms with Crippen LogP contribution in [0.5, 0.6) is 0 Å².